The first kappa shape index (κ1) is 23.9. The number of carbonyl (C=O) groups is 1. The van der Waals surface area contributed by atoms with Gasteiger partial charge in [0.1, 0.15) is 18.2 Å². The Hall–Kier alpha value is -3.75. The molecule has 3 aromatic rings. The van der Waals surface area contributed by atoms with Gasteiger partial charge in [0.25, 0.3) is 5.91 Å². The van der Waals surface area contributed by atoms with Crippen molar-refractivity contribution in [2.24, 2.45) is 0 Å². The third-order valence-corrected chi connectivity index (χ3v) is 5.15. The van der Waals surface area contributed by atoms with Crippen LogP contribution in [0, 0.1) is 32.1 Å². The smallest absolute Gasteiger partial charge is 0.266 e. The zero-order chi connectivity index (χ0) is 24.0. The Morgan fingerprint density at radius 2 is 1.79 bits per heavy atom. The lowest BCUT2D eigenvalue weighted by molar-refractivity contribution is -0.112. The van der Waals surface area contributed by atoms with Gasteiger partial charge in [-0.2, -0.15) is 5.26 Å². The van der Waals surface area contributed by atoms with Gasteiger partial charge in [-0.05, 0) is 67.8 Å². The predicted octanol–water partition coefficient (Wildman–Crippen LogP) is 6.40. The predicted molar refractivity (Wildman–Crippen MR) is 132 cm³/mol. The highest BCUT2D eigenvalue weighted by atomic mass is 35.5. The number of hydrogen-bond donors (Lipinski definition) is 1. The molecule has 0 spiro atoms. The average molecular weight is 461 g/mol. The molecule has 0 saturated heterocycles. The van der Waals surface area contributed by atoms with Crippen molar-refractivity contribution >= 4 is 29.3 Å². The Kier molecular flexibility index (Phi) is 7.76. The van der Waals surface area contributed by atoms with Crippen molar-refractivity contribution in [3.8, 4) is 17.6 Å². The summed E-state index contributed by atoms with van der Waals surface area (Å²) in [7, 11) is 1.51. The minimum Gasteiger partial charge on any atom is -0.493 e. The van der Waals surface area contributed by atoms with E-state index >= 15 is 0 Å². The molecule has 1 amide bonds. The first-order chi connectivity index (χ1) is 15.8. The van der Waals surface area contributed by atoms with Gasteiger partial charge in [0, 0.05) is 5.69 Å². The van der Waals surface area contributed by atoms with Gasteiger partial charge in [-0.1, -0.05) is 53.1 Å². The lowest BCUT2D eigenvalue weighted by atomic mass is 10.1. The van der Waals surface area contributed by atoms with Crippen LogP contribution in [-0.4, -0.2) is 13.0 Å². The number of amides is 1. The summed E-state index contributed by atoms with van der Waals surface area (Å²) in [6.45, 7) is 6.32. The van der Waals surface area contributed by atoms with E-state index in [0.29, 0.717) is 34.4 Å². The monoisotopic (exact) mass is 460 g/mol. The second-order valence-corrected chi connectivity index (χ2v) is 8.22. The minimum absolute atomic E-state index is 0.0569. The van der Waals surface area contributed by atoms with Gasteiger partial charge in [-0.25, -0.2) is 0 Å². The number of anilines is 1. The molecular weight excluding hydrogens is 436 g/mol. The summed E-state index contributed by atoms with van der Waals surface area (Å²) in [6.07, 6.45) is 1.47. The lowest BCUT2D eigenvalue weighted by Crippen LogP contribution is -2.13. The number of rotatable bonds is 7. The molecule has 5 nitrogen and oxygen atoms in total. The lowest BCUT2D eigenvalue weighted by Gasteiger charge is -2.14. The maximum absolute atomic E-state index is 12.6. The second kappa shape index (κ2) is 10.7. The van der Waals surface area contributed by atoms with E-state index in [1.54, 1.807) is 18.2 Å². The van der Waals surface area contributed by atoms with Crippen LogP contribution in [0.3, 0.4) is 0 Å². The van der Waals surface area contributed by atoms with Crippen molar-refractivity contribution in [1.82, 2.24) is 0 Å². The fourth-order valence-corrected chi connectivity index (χ4v) is 3.78. The molecule has 3 rings (SSSR count). The number of carbonyl (C=O) groups excluding carboxylic acids is 1. The molecule has 33 heavy (non-hydrogen) atoms. The molecule has 3 aromatic carbocycles. The number of hydrogen-bond acceptors (Lipinski definition) is 4. The maximum atomic E-state index is 12.6. The number of ether oxygens (including phenoxy) is 2. The van der Waals surface area contributed by atoms with E-state index in [4.69, 9.17) is 21.1 Å². The Balaban J connectivity index is 1.83. The normalized spacial score (nSPS) is 11.0. The molecule has 1 N–H and O–H groups in total. The summed E-state index contributed by atoms with van der Waals surface area (Å²) in [5.74, 6) is 0.307. The number of nitrogens with zero attached hydrogens (tertiary/aromatic N) is 1. The van der Waals surface area contributed by atoms with Crippen molar-refractivity contribution < 1.29 is 14.3 Å². The fraction of sp³-hybridized carbons (Fsp3) is 0.185. The van der Waals surface area contributed by atoms with Crippen LogP contribution in [-0.2, 0) is 11.4 Å². The number of halogens is 1. The molecule has 0 bridgehead atoms. The third kappa shape index (κ3) is 6.38. The highest BCUT2D eigenvalue weighted by Crippen LogP contribution is 2.37. The third-order valence-electron chi connectivity index (χ3n) is 4.87. The van der Waals surface area contributed by atoms with Gasteiger partial charge in [0.05, 0.1) is 12.1 Å². The van der Waals surface area contributed by atoms with Crippen LogP contribution >= 0.6 is 11.6 Å². The molecular formula is C27H25ClN2O3. The highest BCUT2D eigenvalue weighted by molar-refractivity contribution is 6.32. The summed E-state index contributed by atoms with van der Waals surface area (Å²) in [6, 6.07) is 18.8. The SMILES string of the molecule is COc1cc(/C=C(\C#N)C(=O)Nc2cccc(C)c2)cc(Cl)c1OCc1cc(C)cc(C)c1. The molecule has 0 aliphatic rings. The van der Waals surface area contributed by atoms with Crippen LogP contribution in [0.1, 0.15) is 27.8 Å². The number of nitrogens with one attached hydrogen (secondary N) is 1. The van der Waals surface area contributed by atoms with Crippen molar-refractivity contribution in [3.05, 3.63) is 93.0 Å². The Labute approximate surface area is 199 Å². The largest absolute Gasteiger partial charge is 0.493 e. The van der Waals surface area contributed by atoms with E-state index in [1.807, 2.05) is 45.0 Å². The molecule has 0 saturated carbocycles. The van der Waals surface area contributed by atoms with Crippen molar-refractivity contribution in [1.29, 1.82) is 5.26 Å². The van der Waals surface area contributed by atoms with Gasteiger partial charge in [-0.3, -0.25) is 4.79 Å². The fourth-order valence-electron chi connectivity index (χ4n) is 3.51. The van der Waals surface area contributed by atoms with Crippen LogP contribution in [0.5, 0.6) is 11.5 Å². The maximum Gasteiger partial charge on any atom is 0.266 e. The van der Waals surface area contributed by atoms with Gasteiger partial charge in [-0.15, -0.1) is 0 Å². The zero-order valence-corrected chi connectivity index (χ0v) is 19.8. The number of benzene rings is 3. The molecule has 0 aliphatic heterocycles. The molecule has 0 aromatic heterocycles. The number of methoxy groups -OCH3 is 1. The summed E-state index contributed by atoms with van der Waals surface area (Å²) >= 11 is 6.48. The number of nitriles is 1. The van der Waals surface area contributed by atoms with E-state index < -0.39 is 5.91 Å². The van der Waals surface area contributed by atoms with Gasteiger partial charge >= 0.3 is 0 Å². The van der Waals surface area contributed by atoms with E-state index in [-0.39, 0.29) is 5.57 Å². The van der Waals surface area contributed by atoms with Crippen LogP contribution in [0.25, 0.3) is 6.08 Å². The molecule has 0 heterocycles. The van der Waals surface area contributed by atoms with Gasteiger partial charge in [0.15, 0.2) is 11.5 Å². The molecule has 0 aliphatic carbocycles. The quantitative estimate of drug-likeness (QED) is 0.327. The van der Waals surface area contributed by atoms with Crippen LogP contribution in [0.2, 0.25) is 5.02 Å². The molecule has 0 atom stereocenters. The first-order valence-corrected chi connectivity index (χ1v) is 10.7. The molecule has 0 fully saturated rings. The van der Waals surface area contributed by atoms with Crippen LogP contribution in [0.4, 0.5) is 5.69 Å². The molecule has 0 unspecified atom stereocenters. The van der Waals surface area contributed by atoms with Crippen molar-refractivity contribution in [2.45, 2.75) is 27.4 Å². The summed E-state index contributed by atoms with van der Waals surface area (Å²) in [4.78, 5) is 12.6. The average Bonchev–Trinajstić information content (AvgIpc) is 2.75. The van der Waals surface area contributed by atoms with Crippen molar-refractivity contribution in [2.75, 3.05) is 12.4 Å². The van der Waals surface area contributed by atoms with Crippen LogP contribution < -0.4 is 14.8 Å². The van der Waals surface area contributed by atoms with Gasteiger partial charge in [0.2, 0.25) is 0 Å². The highest BCUT2D eigenvalue weighted by Gasteiger charge is 2.15. The van der Waals surface area contributed by atoms with Crippen molar-refractivity contribution in [3.63, 3.8) is 0 Å². The number of aryl methyl sites for hydroxylation is 3. The summed E-state index contributed by atoms with van der Waals surface area (Å²) in [5.41, 5.74) is 5.44. The molecule has 168 valence electrons. The van der Waals surface area contributed by atoms with E-state index in [0.717, 1.165) is 22.3 Å². The van der Waals surface area contributed by atoms with Crippen LogP contribution in [0.15, 0.2) is 60.2 Å². The van der Waals surface area contributed by atoms with E-state index in [2.05, 4.69) is 23.5 Å². The Morgan fingerprint density at radius 1 is 1.06 bits per heavy atom. The minimum atomic E-state index is -0.506. The second-order valence-electron chi connectivity index (χ2n) is 7.81. The van der Waals surface area contributed by atoms with E-state index in [9.17, 15) is 10.1 Å². The first-order valence-electron chi connectivity index (χ1n) is 10.4. The molecule has 6 heteroatoms. The Morgan fingerprint density at radius 3 is 2.42 bits per heavy atom. The topological polar surface area (TPSA) is 71.3 Å². The molecule has 0 radical (unpaired) electrons. The standard InChI is InChI=1S/C27H25ClN2O3/c1-17-6-5-7-23(11-17)30-27(31)22(15-29)12-20-13-24(28)26(25(14-20)32-4)33-16-21-9-18(2)8-19(3)10-21/h5-14H,16H2,1-4H3,(H,30,31)/b22-12+. The van der Waals surface area contributed by atoms with E-state index in [1.165, 1.54) is 13.2 Å². The van der Waals surface area contributed by atoms with Gasteiger partial charge < -0.3 is 14.8 Å². The Bertz CT molecular complexity index is 1240. The zero-order valence-electron chi connectivity index (χ0n) is 19.0. The summed E-state index contributed by atoms with van der Waals surface area (Å²) in [5, 5.41) is 12.6. The summed E-state index contributed by atoms with van der Waals surface area (Å²) < 4.78 is 11.4.